The van der Waals surface area contributed by atoms with Crippen LogP contribution in [0, 0.1) is 0 Å². The molecule has 1 aliphatic heterocycles. The van der Waals surface area contributed by atoms with E-state index < -0.39 is 15.9 Å². The Morgan fingerprint density at radius 1 is 1.47 bits per heavy atom. The van der Waals surface area contributed by atoms with Gasteiger partial charge in [0.15, 0.2) is 9.84 Å². The molecule has 0 aliphatic carbocycles. The molecule has 0 N–H and O–H groups in total. The Bertz CT molecular complexity index is 625. The van der Waals surface area contributed by atoms with Gasteiger partial charge >= 0.3 is 0 Å². The van der Waals surface area contributed by atoms with Crippen molar-refractivity contribution in [2.75, 3.05) is 10.7 Å². The second kappa shape index (κ2) is 5.35. The summed E-state index contributed by atoms with van der Waals surface area (Å²) < 4.78 is 23.0. The van der Waals surface area contributed by atoms with Gasteiger partial charge in [0.25, 0.3) is 0 Å². The number of rotatable bonds is 3. The molecule has 0 spiro atoms. The number of hydrogen-bond acceptors (Lipinski definition) is 3. The summed E-state index contributed by atoms with van der Waals surface area (Å²) in [7, 11) is -3.21. The van der Waals surface area contributed by atoms with E-state index >= 15 is 0 Å². The number of amides is 1. The van der Waals surface area contributed by atoms with Crippen LogP contribution in [0.25, 0.3) is 0 Å². The summed E-state index contributed by atoms with van der Waals surface area (Å²) in [5, 5.41) is 1.68. The summed E-state index contributed by atoms with van der Waals surface area (Å²) in [4.78, 5) is 13.6. The van der Waals surface area contributed by atoms with E-state index in [-0.39, 0.29) is 11.7 Å². The number of anilines is 1. The molecular weight excluding hydrogens is 286 g/mol. The predicted molar refractivity (Wildman–Crippen MR) is 75.9 cm³/mol. The van der Waals surface area contributed by atoms with E-state index in [2.05, 4.69) is 0 Å². The van der Waals surface area contributed by atoms with Crippen LogP contribution in [0.3, 0.4) is 0 Å². The summed E-state index contributed by atoms with van der Waals surface area (Å²) in [6.07, 6.45) is 1.85. The maximum absolute atomic E-state index is 12.1. The average Bonchev–Trinajstić information content (AvgIpc) is 2.69. The summed E-state index contributed by atoms with van der Waals surface area (Å²) in [6.45, 7) is 1.74. The van der Waals surface area contributed by atoms with Crippen LogP contribution < -0.4 is 4.90 Å². The number of nitrogens with zero attached hydrogens (tertiary/aromatic N) is 1. The molecule has 1 aliphatic rings. The minimum Gasteiger partial charge on any atom is -0.304 e. The summed E-state index contributed by atoms with van der Waals surface area (Å²) in [6, 6.07) is 6.39. The van der Waals surface area contributed by atoms with E-state index in [9.17, 15) is 13.2 Å². The Labute approximate surface area is 117 Å². The van der Waals surface area contributed by atoms with Crippen molar-refractivity contribution in [1.29, 1.82) is 0 Å². The van der Waals surface area contributed by atoms with Gasteiger partial charge in [-0.05, 0) is 24.3 Å². The fraction of sp³-hybridized carbons (Fsp3) is 0.308. The van der Waals surface area contributed by atoms with Crippen LogP contribution in [-0.4, -0.2) is 26.1 Å². The highest BCUT2D eigenvalue weighted by Crippen LogP contribution is 2.25. The number of hydrogen-bond donors (Lipinski definition) is 0. The van der Waals surface area contributed by atoms with Gasteiger partial charge in [-0.2, -0.15) is 0 Å². The zero-order valence-electron chi connectivity index (χ0n) is 10.4. The van der Waals surface area contributed by atoms with Crippen molar-refractivity contribution >= 4 is 33.0 Å². The molecule has 2 rings (SSSR count). The van der Waals surface area contributed by atoms with E-state index in [1.807, 2.05) is 0 Å². The molecule has 0 fully saturated rings. The molecule has 1 atom stereocenters. The molecule has 0 bridgehead atoms. The third-order valence-electron chi connectivity index (χ3n) is 2.90. The minimum atomic E-state index is -3.21. The van der Waals surface area contributed by atoms with E-state index in [0.29, 0.717) is 17.1 Å². The average molecular weight is 300 g/mol. The van der Waals surface area contributed by atoms with E-state index in [1.54, 1.807) is 37.3 Å². The quantitative estimate of drug-likeness (QED) is 0.861. The third kappa shape index (κ3) is 3.16. The molecule has 1 aromatic carbocycles. The molecule has 1 heterocycles. The Kier molecular flexibility index (Phi) is 3.96. The maximum atomic E-state index is 12.1. The van der Waals surface area contributed by atoms with Crippen LogP contribution in [-0.2, 0) is 14.6 Å². The van der Waals surface area contributed by atoms with Gasteiger partial charge in [-0.25, -0.2) is 8.42 Å². The van der Waals surface area contributed by atoms with Crippen LogP contribution in [0.2, 0.25) is 5.02 Å². The largest absolute Gasteiger partial charge is 0.304 e. The first-order chi connectivity index (χ1) is 8.93. The lowest BCUT2D eigenvalue weighted by Gasteiger charge is -2.27. The second-order valence-electron chi connectivity index (χ2n) is 4.32. The predicted octanol–water partition coefficient (Wildman–Crippen LogP) is 2.39. The number of carbonyl (C=O) groups excluding carboxylic acids is 1. The van der Waals surface area contributed by atoms with Crippen LogP contribution >= 0.6 is 11.6 Å². The fourth-order valence-electron chi connectivity index (χ4n) is 2.04. The molecule has 6 heteroatoms. The molecule has 0 saturated carbocycles. The number of halogens is 1. The Morgan fingerprint density at radius 3 is 2.74 bits per heavy atom. The third-order valence-corrected chi connectivity index (χ3v) is 4.51. The molecular formula is C13H14ClNO3S. The van der Waals surface area contributed by atoms with Crippen molar-refractivity contribution in [3.8, 4) is 0 Å². The van der Waals surface area contributed by atoms with Crippen LogP contribution in [0.1, 0.15) is 13.3 Å². The topological polar surface area (TPSA) is 54.5 Å². The molecule has 0 radical (unpaired) electrons. The van der Waals surface area contributed by atoms with Gasteiger partial charge in [-0.15, -0.1) is 0 Å². The van der Waals surface area contributed by atoms with Gasteiger partial charge in [0.05, 0.1) is 11.8 Å². The van der Waals surface area contributed by atoms with Crippen LogP contribution in [0.5, 0.6) is 0 Å². The van der Waals surface area contributed by atoms with Crippen molar-refractivity contribution < 1.29 is 13.2 Å². The number of benzene rings is 1. The minimum absolute atomic E-state index is 0.0781. The lowest BCUT2D eigenvalue weighted by molar-refractivity contribution is -0.118. The van der Waals surface area contributed by atoms with E-state index in [0.717, 1.165) is 5.41 Å². The highest BCUT2D eigenvalue weighted by Gasteiger charge is 2.30. The molecule has 1 amide bonds. The van der Waals surface area contributed by atoms with Crippen LogP contribution in [0.15, 0.2) is 35.7 Å². The smallest absolute Gasteiger partial charge is 0.227 e. The fourth-order valence-corrected chi connectivity index (χ4v) is 3.49. The number of carbonyl (C=O) groups is 1. The Balaban J connectivity index is 2.38. The van der Waals surface area contributed by atoms with E-state index in [4.69, 9.17) is 11.6 Å². The lowest BCUT2D eigenvalue weighted by Crippen LogP contribution is -2.40. The second-order valence-corrected chi connectivity index (χ2v) is 6.69. The molecule has 4 nitrogen and oxygen atoms in total. The summed E-state index contributed by atoms with van der Waals surface area (Å²) in [5.41, 5.74) is 0.617. The molecule has 102 valence electrons. The van der Waals surface area contributed by atoms with Gasteiger partial charge < -0.3 is 4.90 Å². The maximum Gasteiger partial charge on any atom is 0.227 e. The zero-order valence-corrected chi connectivity index (χ0v) is 12.0. The molecule has 19 heavy (non-hydrogen) atoms. The molecule has 0 saturated heterocycles. The van der Waals surface area contributed by atoms with Crippen molar-refractivity contribution in [2.45, 2.75) is 19.4 Å². The Morgan fingerprint density at radius 2 is 2.21 bits per heavy atom. The monoisotopic (exact) mass is 299 g/mol. The standard InChI is InChI=1S/C13H14ClNO3S/c1-2-13(16)15(11-5-3-4-10(14)8-11)12-6-7-19(17,18)9-12/h3-8,12H,2,9H2,1H3/t12-/m1/s1. The zero-order chi connectivity index (χ0) is 14.0. The molecule has 0 unspecified atom stereocenters. The molecule has 1 aromatic rings. The van der Waals surface area contributed by atoms with Crippen molar-refractivity contribution in [1.82, 2.24) is 0 Å². The first kappa shape index (κ1) is 14.1. The highest BCUT2D eigenvalue weighted by molar-refractivity contribution is 7.94. The van der Waals surface area contributed by atoms with Crippen molar-refractivity contribution in [2.24, 2.45) is 0 Å². The van der Waals surface area contributed by atoms with Gasteiger partial charge in [-0.3, -0.25) is 4.79 Å². The SMILES string of the molecule is CCC(=O)N(c1cccc(Cl)c1)[C@@H]1C=CS(=O)(=O)C1. The van der Waals surface area contributed by atoms with Crippen molar-refractivity contribution in [3.05, 3.63) is 40.8 Å². The van der Waals surface area contributed by atoms with Gasteiger partial charge in [-0.1, -0.05) is 24.6 Å². The lowest BCUT2D eigenvalue weighted by atomic mass is 10.2. The summed E-state index contributed by atoms with van der Waals surface area (Å²) in [5.74, 6) is -0.209. The van der Waals surface area contributed by atoms with Gasteiger partial charge in [0.2, 0.25) is 5.91 Å². The summed E-state index contributed by atoms with van der Waals surface area (Å²) >= 11 is 5.93. The van der Waals surface area contributed by atoms with Gasteiger partial charge in [0.1, 0.15) is 0 Å². The van der Waals surface area contributed by atoms with Gasteiger partial charge in [0, 0.05) is 22.5 Å². The highest BCUT2D eigenvalue weighted by atomic mass is 35.5. The van der Waals surface area contributed by atoms with Crippen molar-refractivity contribution in [3.63, 3.8) is 0 Å². The number of sulfone groups is 1. The normalized spacial score (nSPS) is 20.4. The first-order valence-corrected chi connectivity index (χ1v) is 8.01. The van der Waals surface area contributed by atoms with Crippen LogP contribution in [0.4, 0.5) is 5.69 Å². The van der Waals surface area contributed by atoms with E-state index in [1.165, 1.54) is 4.90 Å². The first-order valence-electron chi connectivity index (χ1n) is 5.91. The molecule has 0 aromatic heterocycles. The Hall–Kier alpha value is -1.33.